The van der Waals surface area contributed by atoms with Gasteiger partial charge in [0.2, 0.25) is 17.7 Å². The molecule has 33 heavy (non-hydrogen) atoms. The molecule has 8 heteroatoms. The van der Waals surface area contributed by atoms with E-state index >= 15 is 0 Å². The smallest absolute Gasteiger partial charge is 0.250 e. The fourth-order valence-electron chi connectivity index (χ4n) is 6.23. The normalized spacial score (nSPS) is 31.9. The Morgan fingerprint density at radius 1 is 1.27 bits per heavy atom. The van der Waals surface area contributed by atoms with Crippen molar-refractivity contribution >= 4 is 23.4 Å². The van der Waals surface area contributed by atoms with Crippen LogP contribution in [-0.4, -0.2) is 65.2 Å². The summed E-state index contributed by atoms with van der Waals surface area (Å²) < 4.78 is 6.39. The van der Waals surface area contributed by atoms with Crippen LogP contribution in [0, 0.1) is 31.6 Å². The Hall–Kier alpha value is -2.45. The van der Waals surface area contributed by atoms with E-state index in [9.17, 15) is 19.5 Å². The van der Waals surface area contributed by atoms with Gasteiger partial charge in [-0.2, -0.15) is 0 Å². The highest BCUT2D eigenvalue weighted by Gasteiger charge is 2.75. The summed E-state index contributed by atoms with van der Waals surface area (Å²) in [7, 11) is 1.55. The first-order valence-electron chi connectivity index (χ1n) is 11.9. The zero-order chi connectivity index (χ0) is 24.1. The monoisotopic (exact) mass is 457 g/mol. The molecular weight excluding hydrogens is 422 g/mol. The summed E-state index contributed by atoms with van der Waals surface area (Å²) in [5, 5.41) is 16.0. The molecule has 3 aliphatic heterocycles. The molecule has 0 radical (unpaired) electrons. The van der Waals surface area contributed by atoms with Crippen molar-refractivity contribution in [3.63, 3.8) is 0 Å². The van der Waals surface area contributed by atoms with Crippen LogP contribution in [0.15, 0.2) is 18.2 Å². The van der Waals surface area contributed by atoms with Gasteiger partial charge in [0, 0.05) is 12.7 Å². The number of carbonyl (C=O) groups excluding carboxylic acids is 3. The van der Waals surface area contributed by atoms with Crippen molar-refractivity contribution in [3.05, 3.63) is 29.3 Å². The number of aryl methyl sites for hydroxylation is 2. The van der Waals surface area contributed by atoms with Crippen molar-refractivity contribution in [2.75, 3.05) is 19.0 Å². The molecule has 1 aromatic carbocycles. The summed E-state index contributed by atoms with van der Waals surface area (Å²) in [4.78, 5) is 42.1. The lowest BCUT2D eigenvalue weighted by atomic mass is 9.70. The summed E-state index contributed by atoms with van der Waals surface area (Å²) in [6.07, 6.45) is 1.51. The number of carbonyl (C=O) groups is 3. The third kappa shape index (κ3) is 3.46. The highest BCUT2D eigenvalue weighted by molar-refractivity contribution is 6.04. The van der Waals surface area contributed by atoms with Gasteiger partial charge in [-0.25, -0.2) is 0 Å². The van der Waals surface area contributed by atoms with Gasteiger partial charge < -0.3 is 25.4 Å². The number of hydrogen-bond acceptors (Lipinski definition) is 5. The number of aliphatic hydroxyl groups excluding tert-OH is 1. The van der Waals surface area contributed by atoms with Gasteiger partial charge in [0.05, 0.1) is 30.6 Å². The molecule has 2 unspecified atom stereocenters. The van der Waals surface area contributed by atoms with Crippen molar-refractivity contribution in [1.82, 2.24) is 10.2 Å². The van der Waals surface area contributed by atoms with Gasteiger partial charge in [0.15, 0.2) is 0 Å². The van der Waals surface area contributed by atoms with Crippen LogP contribution >= 0.6 is 0 Å². The fraction of sp³-hybridized carbons (Fsp3) is 0.640. The Kier molecular flexibility index (Phi) is 6.26. The van der Waals surface area contributed by atoms with Crippen molar-refractivity contribution < 1.29 is 24.2 Å². The summed E-state index contributed by atoms with van der Waals surface area (Å²) in [6, 6.07) is 4.33. The van der Waals surface area contributed by atoms with Crippen LogP contribution in [-0.2, 0) is 19.1 Å². The second kappa shape index (κ2) is 8.72. The number of nitrogens with one attached hydrogen (secondary N) is 2. The van der Waals surface area contributed by atoms with Crippen LogP contribution < -0.4 is 10.6 Å². The molecule has 3 aliphatic rings. The van der Waals surface area contributed by atoms with E-state index in [0.29, 0.717) is 18.5 Å². The number of aliphatic hydroxyl groups is 1. The van der Waals surface area contributed by atoms with Gasteiger partial charge >= 0.3 is 0 Å². The predicted molar refractivity (Wildman–Crippen MR) is 123 cm³/mol. The quantitative estimate of drug-likeness (QED) is 0.578. The average Bonchev–Trinajstić information content (AvgIpc) is 3.44. The number of amides is 3. The standard InChI is InChI=1S/C25H35N3O5/c1-6-13(2)16(12-29)28-21(23(31)27-20-14(3)8-7-9-15(20)4)25-11-10-17(33-25)18(22(30)26-5)19(25)24(28)32/h7-9,13,16-19,21,29H,6,10-12H2,1-5H3,(H,26,30)(H,27,31)/t13-,16-,17+,18-,19-,21?,25?/m0/s1. The van der Waals surface area contributed by atoms with E-state index < -0.39 is 29.5 Å². The number of para-hydroxylation sites is 1. The number of ether oxygens (including phenoxy) is 1. The van der Waals surface area contributed by atoms with Crippen LogP contribution in [0.5, 0.6) is 0 Å². The zero-order valence-corrected chi connectivity index (χ0v) is 20.1. The predicted octanol–water partition coefficient (Wildman–Crippen LogP) is 1.77. The Morgan fingerprint density at radius 3 is 2.52 bits per heavy atom. The molecule has 1 aromatic rings. The number of nitrogens with zero attached hydrogens (tertiary/aromatic N) is 1. The Morgan fingerprint density at radius 2 is 1.94 bits per heavy atom. The molecule has 3 amide bonds. The minimum atomic E-state index is -1.07. The number of likely N-dealkylation sites (tertiary alicyclic amines) is 1. The number of hydrogen-bond donors (Lipinski definition) is 3. The SMILES string of the molecule is CC[C@H](C)[C@H](CO)N1C(=O)[C@@H]2[C@@H](C(=O)NC)[C@H]3CCC2(O3)C1C(=O)Nc1c(C)cccc1C. The van der Waals surface area contributed by atoms with Crippen LogP contribution in [0.1, 0.15) is 44.2 Å². The number of rotatable bonds is 7. The first kappa shape index (κ1) is 23.7. The molecule has 0 aromatic heterocycles. The van der Waals surface area contributed by atoms with Crippen molar-refractivity contribution in [1.29, 1.82) is 0 Å². The molecule has 2 bridgehead atoms. The number of benzene rings is 1. The van der Waals surface area contributed by atoms with E-state index in [2.05, 4.69) is 10.6 Å². The van der Waals surface area contributed by atoms with Gasteiger partial charge in [0.25, 0.3) is 0 Å². The molecule has 7 atom stereocenters. The minimum Gasteiger partial charge on any atom is -0.394 e. The van der Waals surface area contributed by atoms with Crippen LogP contribution in [0.4, 0.5) is 5.69 Å². The number of anilines is 1. The van der Waals surface area contributed by atoms with Crippen molar-refractivity contribution in [2.45, 2.75) is 70.7 Å². The topological polar surface area (TPSA) is 108 Å². The van der Waals surface area contributed by atoms with E-state index in [1.54, 1.807) is 11.9 Å². The number of fused-ring (bicyclic) bond motifs is 1. The van der Waals surface area contributed by atoms with Crippen LogP contribution in [0.2, 0.25) is 0 Å². The molecule has 8 nitrogen and oxygen atoms in total. The molecule has 180 valence electrons. The highest BCUT2D eigenvalue weighted by atomic mass is 16.5. The summed E-state index contributed by atoms with van der Waals surface area (Å²) in [6.45, 7) is 7.56. The van der Waals surface area contributed by atoms with E-state index in [0.717, 1.165) is 17.5 Å². The maximum Gasteiger partial charge on any atom is 0.250 e. The van der Waals surface area contributed by atoms with Crippen LogP contribution in [0.25, 0.3) is 0 Å². The van der Waals surface area contributed by atoms with Gasteiger partial charge in [0.1, 0.15) is 11.6 Å². The lowest BCUT2D eigenvalue weighted by molar-refractivity contribution is -0.145. The Labute approximate surface area is 195 Å². The van der Waals surface area contributed by atoms with E-state index in [1.807, 2.05) is 45.9 Å². The van der Waals surface area contributed by atoms with E-state index in [1.165, 1.54) is 0 Å². The van der Waals surface area contributed by atoms with E-state index in [-0.39, 0.29) is 36.4 Å². The lowest BCUT2D eigenvalue weighted by Crippen LogP contribution is -2.57. The Bertz CT molecular complexity index is 945. The third-order valence-electron chi connectivity index (χ3n) is 8.11. The molecule has 3 fully saturated rings. The average molecular weight is 458 g/mol. The van der Waals surface area contributed by atoms with Crippen LogP contribution in [0.3, 0.4) is 0 Å². The minimum absolute atomic E-state index is 0.0275. The molecule has 0 aliphatic carbocycles. The molecule has 4 rings (SSSR count). The van der Waals surface area contributed by atoms with Gasteiger partial charge in [-0.3, -0.25) is 14.4 Å². The summed E-state index contributed by atoms with van der Waals surface area (Å²) in [5.41, 5.74) is 1.50. The second-order valence-electron chi connectivity index (χ2n) is 9.81. The molecule has 3 heterocycles. The van der Waals surface area contributed by atoms with Gasteiger partial charge in [-0.05, 0) is 43.7 Å². The maximum absolute atomic E-state index is 13.9. The first-order chi connectivity index (χ1) is 15.7. The summed E-state index contributed by atoms with van der Waals surface area (Å²) in [5.74, 6) is -2.23. The second-order valence-corrected chi connectivity index (χ2v) is 9.81. The van der Waals surface area contributed by atoms with Gasteiger partial charge in [-0.15, -0.1) is 0 Å². The van der Waals surface area contributed by atoms with E-state index in [4.69, 9.17) is 4.74 Å². The van der Waals surface area contributed by atoms with Crippen molar-refractivity contribution in [2.24, 2.45) is 17.8 Å². The molecule has 3 N–H and O–H groups in total. The molecule has 1 spiro atoms. The highest BCUT2D eigenvalue weighted by Crippen LogP contribution is 2.59. The van der Waals surface area contributed by atoms with Gasteiger partial charge in [-0.1, -0.05) is 38.5 Å². The maximum atomic E-state index is 13.9. The molecule has 0 saturated carbocycles. The molecular formula is C25H35N3O5. The molecule has 3 saturated heterocycles. The largest absolute Gasteiger partial charge is 0.394 e. The Balaban J connectivity index is 1.80. The fourth-order valence-corrected chi connectivity index (χ4v) is 6.23. The first-order valence-corrected chi connectivity index (χ1v) is 11.9. The summed E-state index contributed by atoms with van der Waals surface area (Å²) >= 11 is 0. The zero-order valence-electron chi connectivity index (χ0n) is 20.1. The third-order valence-corrected chi connectivity index (χ3v) is 8.11. The van der Waals surface area contributed by atoms with Crippen molar-refractivity contribution in [3.8, 4) is 0 Å². The lowest BCUT2D eigenvalue weighted by Gasteiger charge is -2.39.